The van der Waals surface area contributed by atoms with Crippen LogP contribution >= 0.6 is 0 Å². The molecule has 1 aromatic heterocycles. The standard InChI is InChI=1S/C15H19N3/c1-18-10-9-17-15(18)6-5-12-3-2-4-13-11-16-8-7-14(12)13/h2-4,9-10,16H,5-8,11H2,1H3. The minimum absolute atomic E-state index is 1.02. The second-order valence-corrected chi connectivity index (χ2v) is 4.94. The maximum Gasteiger partial charge on any atom is 0.108 e. The number of imidazole rings is 1. The van der Waals surface area contributed by atoms with Crippen LogP contribution in [0.3, 0.4) is 0 Å². The second-order valence-electron chi connectivity index (χ2n) is 4.94. The third-order valence-electron chi connectivity index (χ3n) is 3.78. The maximum absolute atomic E-state index is 4.39. The van der Waals surface area contributed by atoms with Crippen LogP contribution in [0.1, 0.15) is 22.5 Å². The molecule has 3 rings (SSSR count). The van der Waals surface area contributed by atoms with Crippen molar-refractivity contribution in [3.8, 4) is 0 Å². The zero-order valence-electron chi connectivity index (χ0n) is 10.8. The Balaban J connectivity index is 1.79. The van der Waals surface area contributed by atoms with Crippen LogP contribution in [0.4, 0.5) is 0 Å². The smallest absolute Gasteiger partial charge is 0.108 e. The molecule has 2 aromatic rings. The monoisotopic (exact) mass is 241 g/mol. The molecule has 1 aliphatic heterocycles. The van der Waals surface area contributed by atoms with Crippen molar-refractivity contribution in [2.75, 3.05) is 6.54 Å². The SMILES string of the molecule is Cn1ccnc1CCc1cccc2c1CCNC2. The lowest BCUT2D eigenvalue weighted by atomic mass is 9.93. The van der Waals surface area contributed by atoms with Gasteiger partial charge in [-0.25, -0.2) is 4.98 Å². The van der Waals surface area contributed by atoms with E-state index >= 15 is 0 Å². The van der Waals surface area contributed by atoms with Crippen LogP contribution in [-0.2, 0) is 32.9 Å². The van der Waals surface area contributed by atoms with Crippen molar-refractivity contribution in [2.45, 2.75) is 25.8 Å². The summed E-state index contributed by atoms with van der Waals surface area (Å²) in [4.78, 5) is 4.39. The number of aromatic nitrogens is 2. The highest BCUT2D eigenvalue weighted by atomic mass is 15.0. The van der Waals surface area contributed by atoms with E-state index in [0.29, 0.717) is 0 Å². The number of rotatable bonds is 3. The van der Waals surface area contributed by atoms with Gasteiger partial charge in [-0.3, -0.25) is 0 Å². The van der Waals surface area contributed by atoms with Gasteiger partial charge in [-0.05, 0) is 36.1 Å². The van der Waals surface area contributed by atoms with Gasteiger partial charge in [0.2, 0.25) is 0 Å². The van der Waals surface area contributed by atoms with Crippen LogP contribution in [-0.4, -0.2) is 16.1 Å². The third kappa shape index (κ3) is 2.18. The Labute approximate surface area is 108 Å². The Hall–Kier alpha value is -1.61. The summed E-state index contributed by atoms with van der Waals surface area (Å²) in [5.41, 5.74) is 4.53. The summed E-state index contributed by atoms with van der Waals surface area (Å²) in [6, 6.07) is 6.69. The van der Waals surface area contributed by atoms with Crippen LogP contribution in [0.5, 0.6) is 0 Å². The Morgan fingerprint density at radius 2 is 2.28 bits per heavy atom. The minimum Gasteiger partial charge on any atom is -0.338 e. The molecule has 0 unspecified atom stereocenters. The van der Waals surface area contributed by atoms with Crippen LogP contribution in [0, 0.1) is 0 Å². The van der Waals surface area contributed by atoms with Crippen LogP contribution in [0.25, 0.3) is 0 Å². The second kappa shape index (κ2) is 4.94. The Bertz CT molecular complexity index is 542. The summed E-state index contributed by atoms with van der Waals surface area (Å²) in [5, 5.41) is 3.43. The zero-order chi connectivity index (χ0) is 12.4. The summed E-state index contributed by atoms with van der Waals surface area (Å²) >= 11 is 0. The molecule has 1 N–H and O–H groups in total. The number of nitrogens with zero attached hydrogens (tertiary/aromatic N) is 2. The quantitative estimate of drug-likeness (QED) is 0.889. The number of nitrogens with one attached hydrogen (secondary N) is 1. The topological polar surface area (TPSA) is 29.9 Å². The molecule has 3 nitrogen and oxygen atoms in total. The first-order valence-corrected chi connectivity index (χ1v) is 6.61. The Morgan fingerprint density at radius 1 is 1.33 bits per heavy atom. The molecule has 18 heavy (non-hydrogen) atoms. The van der Waals surface area contributed by atoms with E-state index in [-0.39, 0.29) is 0 Å². The summed E-state index contributed by atoms with van der Waals surface area (Å²) in [5.74, 6) is 1.17. The van der Waals surface area contributed by atoms with Crippen molar-refractivity contribution in [3.05, 3.63) is 53.1 Å². The fourth-order valence-corrected chi connectivity index (χ4v) is 2.73. The summed E-state index contributed by atoms with van der Waals surface area (Å²) in [6.07, 6.45) is 7.16. The molecule has 0 aliphatic carbocycles. The zero-order valence-corrected chi connectivity index (χ0v) is 10.8. The molecule has 0 radical (unpaired) electrons. The van der Waals surface area contributed by atoms with Gasteiger partial charge < -0.3 is 9.88 Å². The molecule has 0 saturated carbocycles. The van der Waals surface area contributed by atoms with Crippen molar-refractivity contribution < 1.29 is 0 Å². The fourth-order valence-electron chi connectivity index (χ4n) is 2.73. The summed E-state index contributed by atoms with van der Waals surface area (Å²) in [6.45, 7) is 2.12. The van der Waals surface area contributed by atoms with Crippen molar-refractivity contribution in [1.82, 2.24) is 14.9 Å². The molecule has 0 bridgehead atoms. The lowest BCUT2D eigenvalue weighted by Gasteiger charge is -2.20. The normalized spacial score (nSPS) is 14.5. The molecule has 0 atom stereocenters. The molecule has 1 aromatic carbocycles. The number of hydrogen-bond donors (Lipinski definition) is 1. The first-order valence-electron chi connectivity index (χ1n) is 6.61. The molecule has 1 aliphatic rings. The first-order chi connectivity index (χ1) is 8.84. The van der Waals surface area contributed by atoms with E-state index in [2.05, 4.69) is 40.1 Å². The van der Waals surface area contributed by atoms with Gasteiger partial charge in [0.25, 0.3) is 0 Å². The number of benzene rings is 1. The Morgan fingerprint density at radius 3 is 3.11 bits per heavy atom. The van der Waals surface area contributed by atoms with Gasteiger partial charge in [0.15, 0.2) is 0 Å². The van der Waals surface area contributed by atoms with E-state index in [1.54, 1.807) is 5.56 Å². The van der Waals surface area contributed by atoms with Gasteiger partial charge in [-0.15, -0.1) is 0 Å². The van der Waals surface area contributed by atoms with E-state index in [9.17, 15) is 0 Å². The molecule has 0 fully saturated rings. The van der Waals surface area contributed by atoms with Gasteiger partial charge in [0, 0.05) is 32.4 Å². The minimum atomic E-state index is 1.02. The predicted octanol–water partition coefficient (Wildman–Crippen LogP) is 1.85. The van der Waals surface area contributed by atoms with Gasteiger partial charge in [0.1, 0.15) is 5.82 Å². The number of aryl methyl sites for hydroxylation is 3. The Kier molecular flexibility index (Phi) is 3.15. The van der Waals surface area contributed by atoms with E-state index in [0.717, 1.165) is 32.4 Å². The molecule has 0 amide bonds. The highest BCUT2D eigenvalue weighted by molar-refractivity contribution is 5.37. The average Bonchev–Trinajstić information content (AvgIpc) is 2.82. The molecule has 94 valence electrons. The highest BCUT2D eigenvalue weighted by Gasteiger charge is 2.12. The highest BCUT2D eigenvalue weighted by Crippen LogP contribution is 2.20. The van der Waals surface area contributed by atoms with E-state index in [4.69, 9.17) is 0 Å². The van der Waals surface area contributed by atoms with Crippen molar-refractivity contribution in [2.24, 2.45) is 7.05 Å². The van der Waals surface area contributed by atoms with Gasteiger partial charge in [-0.1, -0.05) is 18.2 Å². The van der Waals surface area contributed by atoms with E-state index < -0.39 is 0 Å². The van der Waals surface area contributed by atoms with Crippen LogP contribution in [0.2, 0.25) is 0 Å². The van der Waals surface area contributed by atoms with Crippen LogP contribution < -0.4 is 5.32 Å². The fraction of sp³-hybridized carbons (Fsp3) is 0.400. The molecule has 2 heterocycles. The predicted molar refractivity (Wildman–Crippen MR) is 72.5 cm³/mol. The summed E-state index contributed by atoms with van der Waals surface area (Å²) < 4.78 is 2.11. The lowest BCUT2D eigenvalue weighted by molar-refractivity contribution is 0.636. The molecular formula is C15H19N3. The van der Waals surface area contributed by atoms with Gasteiger partial charge >= 0.3 is 0 Å². The molecule has 0 spiro atoms. The lowest BCUT2D eigenvalue weighted by Crippen LogP contribution is -2.24. The maximum atomic E-state index is 4.39. The van der Waals surface area contributed by atoms with Gasteiger partial charge in [-0.2, -0.15) is 0 Å². The third-order valence-corrected chi connectivity index (χ3v) is 3.78. The van der Waals surface area contributed by atoms with Crippen molar-refractivity contribution in [1.29, 1.82) is 0 Å². The molecule has 0 saturated heterocycles. The molecule has 3 heteroatoms. The van der Waals surface area contributed by atoms with Crippen LogP contribution in [0.15, 0.2) is 30.6 Å². The number of fused-ring (bicyclic) bond motifs is 1. The van der Waals surface area contributed by atoms with E-state index in [1.165, 1.54) is 17.0 Å². The average molecular weight is 241 g/mol. The van der Waals surface area contributed by atoms with Gasteiger partial charge in [0.05, 0.1) is 0 Å². The van der Waals surface area contributed by atoms with Crippen molar-refractivity contribution in [3.63, 3.8) is 0 Å². The molecular weight excluding hydrogens is 222 g/mol. The first kappa shape index (κ1) is 11.5. The number of hydrogen-bond acceptors (Lipinski definition) is 2. The summed E-state index contributed by atoms with van der Waals surface area (Å²) in [7, 11) is 2.06. The van der Waals surface area contributed by atoms with Crippen molar-refractivity contribution >= 4 is 0 Å². The largest absolute Gasteiger partial charge is 0.338 e. The van der Waals surface area contributed by atoms with E-state index in [1.807, 2.05) is 12.4 Å².